The largest absolute Gasteiger partial charge is 0.382 e. The van der Waals surface area contributed by atoms with Gasteiger partial charge in [-0.3, -0.25) is 0 Å². The van der Waals surface area contributed by atoms with E-state index < -0.39 is 12.5 Å². The minimum absolute atomic E-state index is 0.309. The second-order valence-corrected chi connectivity index (χ2v) is 4.19. The van der Waals surface area contributed by atoms with Gasteiger partial charge in [0.05, 0.1) is 0 Å². The van der Waals surface area contributed by atoms with Crippen molar-refractivity contribution in [1.29, 1.82) is 0 Å². The van der Waals surface area contributed by atoms with Crippen LogP contribution in [0.5, 0.6) is 0 Å². The first-order valence-electron chi connectivity index (χ1n) is 5.40. The summed E-state index contributed by atoms with van der Waals surface area (Å²) in [6.07, 6.45) is -2.47. The van der Waals surface area contributed by atoms with Gasteiger partial charge in [0.2, 0.25) is 0 Å². The minimum atomic E-state index is -2.72. The Hall–Kier alpha value is -1.16. The van der Waals surface area contributed by atoms with Crippen molar-refractivity contribution >= 4 is 5.69 Å². The number of alkyl halides is 2. The summed E-state index contributed by atoms with van der Waals surface area (Å²) >= 11 is 0. The van der Waals surface area contributed by atoms with Crippen molar-refractivity contribution in [2.24, 2.45) is 0 Å². The molecule has 0 fully saturated rings. The van der Waals surface area contributed by atoms with Gasteiger partial charge in [0.1, 0.15) is 6.10 Å². The standard InChI is InChI=1S/C12H15F2NO/c1-15-6-2-3-8-7-9(4-5-10(8)15)11(16)12(13)14/h4-5,7,11-12,16H,2-3,6H2,1H3. The third kappa shape index (κ3) is 2.02. The Morgan fingerprint density at radius 2 is 2.12 bits per heavy atom. The normalized spacial score (nSPS) is 17.4. The van der Waals surface area contributed by atoms with Gasteiger partial charge in [0.15, 0.2) is 0 Å². The highest BCUT2D eigenvalue weighted by molar-refractivity contribution is 5.56. The summed E-state index contributed by atoms with van der Waals surface area (Å²) in [6, 6.07) is 5.09. The third-order valence-electron chi connectivity index (χ3n) is 3.03. The van der Waals surface area contributed by atoms with Crippen LogP contribution in [0.25, 0.3) is 0 Å². The molecule has 1 N–H and O–H groups in total. The molecule has 1 aromatic rings. The van der Waals surface area contributed by atoms with Gasteiger partial charge in [-0.2, -0.15) is 0 Å². The SMILES string of the molecule is CN1CCCc2cc(C(O)C(F)F)ccc21. The fourth-order valence-electron chi connectivity index (χ4n) is 2.13. The number of aliphatic hydroxyl groups excluding tert-OH is 1. The summed E-state index contributed by atoms with van der Waals surface area (Å²) in [5.41, 5.74) is 2.44. The van der Waals surface area contributed by atoms with E-state index in [9.17, 15) is 13.9 Å². The molecule has 0 aliphatic carbocycles. The van der Waals surface area contributed by atoms with Crippen molar-refractivity contribution in [2.45, 2.75) is 25.4 Å². The first-order valence-corrected chi connectivity index (χ1v) is 5.40. The number of fused-ring (bicyclic) bond motifs is 1. The number of aryl methyl sites for hydroxylation is 1. The maximum atomic E-state index is 12.4. The topological polar surface area (TPSA) is 23.5 Å². The molecule has 1 atom stereocenters. The summed E-state index contributed by atoms with van der Waals surface area (Å²) < 4.78 is 24.7. The Balaban J connectivity index is 2.32. The summed E-state index contributed by atoms with van der Waals surface area (Å²) in [5, 5.41) is 9.30. The van der Waals surface area contributed by atoms with Crippen molar-refractivity contribution in [1.82, 2.24) is 0 Å². The van der Waals surface area contributed by atoms with Crippen molar-refractivity contribution in [3.8, 4) is 0 Å². The van der Waals surface area contributed by atoms with E-state index in [0.717, 1.165) is 30.6 Å². The maximum absolute atomic E-state index is 12.4. The van der Waals surface area contributed by atoms with Crippen LogP contribution in [-0.2, 0) is 6.42 Å². The van der Waals surface area contributed by atoms with Crippen molar-refractivity contribution < 1.29 is 13.9 Å². The second-order valence-electron chi connectivity index (χ2n) is 4.19. The molecular formula is C12H15F2NO. The lowest BCUT2D eigenvalue weighted by atomic mass is 9.98. The van der Waals surface area contributed by atoms with Crippen LogP contribution in [0, 0.1) is 0 Å². The van der Waals surface area contributed by atoms with Crippen LogP contribution in [0.1, 0.15) is 23.7 Å². The van der Waals surface area contributed by atoms with Crippen LogP contribution in [0.3, 0.4) is 0 Å². The number of rotatable bonds is 2. The molecule has 2 rings (SSSR count). The Labute approximate surface area is 93.5 Å². The lowest BCUT2D eigenvalue weighted by Gasteiger charge is -2.28. The van der Waals surface area contributed by atoms with Crippen LogP contribution < -0.4 is 4.90 Å². The van der Waals surface area contributed by atoms with Gasteiger partial charge in [-0.25, -0.2) is 8.78 Å². The molecule has 2 nitrogen and oxygen atoms in total. The van der Waals surface area contributed by atoms with Gasteiger partial charge in [0.25, 0.3) is 6.43 Å². The van der Waals surface area contributed by atoms with Crippen LogP contribution in [-0.4, -0.2) is 25.1 Å². The van der Waals surface area contributed by atoms with Gasteiger partial charge in [-0.05, 0) is 30.0 Å². The highest BCUT2D eigenvalue weighted by Crippen LogP contribution is 2.30. The van der Waals surface area contributed by atoms with Crippen LogP contribution in [0.15, 0.2) is 18.2 Å². The average molecular weight is 227 g/mol. The molecule has 16 heavy (non-hydrogen) atoms. The Bertz CT molecular complexity index is 381. The smallest absolute Gasteiger partial charge is 0.268 e. The summed E-state index contributed by atoms with van der Waals surface area (Å²) in [4.78, 5) is 2.11. The van der Waals surface area contributed by atoms with Crippen LogP contribution in [0.2, 0.25) is 0 Å². The zero-order valence-electron chi connectivity index (χ0n) is 9.16. The van der Waals surface area contributed by atoms with Crippen molar-refractivity contribution in [3.05, 3.63) is 29.3 Å². The Kier molecular flexibility index (Phi) is 3.10. The monoisotopic (exact) mass is 227 g/mol. The highest BCUT2D eigenvalue weighted by Gasteiger charge is 2.21. The van der Waals surface area contributed by atoms with Gasteiger partial charge < -0.3 is 10.0 Å². The lowest BCUT2D eigenvalue weighted by Crippen LogP contribution is -2.24. The molecule has 0 radical (unpaired) electrons. The minimum Gasteiger partial charge on any atom is -0.382 e. The van der Waals surface area contributed by atoms with E-state index >= 15 is 0 Å². The summed E-state index contributed by atoms with van der Waals surface area (Å²) in [7, 11) is 1.99. The predicted octanol–water partition coefficient (Wildman–Crippen LogP) is 2.37. The third-order valence-corrected chi connectivity index (χ3v) is 3.03. The molecular weight excluding hydrogens is 212 g/mol. The second kappa shape index (κ2) is 4.37. The summed E-state index contributed by atoms with van der Waals surface area (Å²) in [6.45, 7) is 0.990. The average Bonchev–Trinajstić information content (AvgIpc) is 2.28. The number of anilines is 1. The molecule has 0 amide bonds. The van der Waals surface area contributed by atoms with Gasteiger partial charge in [0, 0.05) is 19.3 Å². The van der Waals surface area contributed by atoms with Gasteiger partial charge in [-0.15, -0.1) is 0 Å². The molecule has 88 valence electrons. The molecule has 1 aliphatic rings. The first kappa shape index (κ1) is 11.3. The van der Waals surface area contributed by atoms with E-state index in [1.165, 1.54) is 0 Å². The van der Waals surface area contributed by atoms with E-state index in [-0.39, 0.29) is 0 Å². The lowest BCUT2D eigenvalue weighted by molar-refractivity contribution is -0.00581. The zero-order chi connectivity index (χ0) is 11.7. The Morgan fingerprint density at radius 3 is 2.81 bits per heavy atom. The van der Waals surface area contributed by atoms with Crippen molar-refractivity contribution in [2.75, 3.05) is 18.5 Å². The quantitative estimate of drug-likeness (QED) is 0.838. The first-order chi connectivity index (χ1) is 7.59. The molecule has 0 saturated heterocycles. The van der Waals surface area contributed by atoms with Crippen LogP contribution >= 0.6 is 0 Å². The fraction of sp³-hybridized carbons (Fsp3) is 0.500. The van der Waals surface area contributed by atoms with E-state index in [2.05, 4.69) is 4.90 Å². The summed E-state index contributed by atoms with van der Waals surface area (Å²) in [5.74, 6) is 0. The maximum Gasteiger partial charge on any atom is 0.268 e. The molecule has 0 spiro atoms. The highest BCUT2D eigenvalue weighted by atomic mass is 19.3. The number of hydrogen-bond donors (Lipinski definition) is 1. The molecule has 1 aliphatic heterocycles. The number of nitrogens with zero attached hydrogens (tertiary/aromatic N) is 1. The molecule has 1 aromatic carbocycles. The van der Waals surface area contributed by atoms with Gasteiger partial charge >= 0.3 is 0 Å². The van der Waals surface area contributed by atoms with E-state index in [0.29, 0.717) is 5.56 Å². The molecule has 4 heteroatoms. The fourth-order valence-corrected chi connectivity index (χ4v) is 2.13. The number of aliphatic hydroxyl groups is 1. The molecule has 0 aromatic heterocycles. The molecule has 0 saturated carbocycles. The van der Waals surface area contributed by atoms with Crippen LogP contribution in [0.4, 0.5) is 14.5 Å². The van der Waals surface area contributed by atoms with Gasteiger partial charge in [-0.1, -0.05) is 12.1 Å². The zero-order valence-corrected chi connectivity index (χ0v) is 9.16. The number of benzene rings is 1. The molecule has 1 unspecified atom stereocenters. The number of halogens is 2. The van der Waals surface area contributed by atoms with Crippen molar-refractivity contribution in [3.63, 3.8) is 0 Å². The van der Waals surface area contributed by atoms with E-state index in [4.69, 9.17) is 0 Å². The number of hydrogen-bond acceptors (Lipinski definition) is 2. The molecule has 0 bridgehead atoms. The predicted molar refractivity (Wildman–Crippen MR) is 59.0 cm³/mol. The van der Waals surface area contributed by atoms with E-state index in [1.807, 2.05) is 13.1 Å². The Morgan fingerprint density at radius 1 is 1.38 bits per heavy atom. The molecule has 1 heterocycles. The van der Waals surface area contributed by atoms with E-state index in [1.54, 1.807) is 12.1 Å².